The first kappa shape index (κ1) is 20.3. The second-order valence-corrected chi connectivity index (χ2v) is 8.53. The number of hydrogen-bond acceptors (Lipinski definition) is 6. The Hall–Kier alpha value is -2.42. The van der Waals surface area contributed by atoms with Crippen molar-refractivity contribution in [1.82, 2.24) is 15.5 Å². The number of carbonyl (C=O) groups excluding carboxylic acids is 2. The summed E-state index contributed by atoms with van der Waals surface area (Å²) in [6.07, 6.45) is 0. The number of hydrogen-bond donors (Lipinski definition) is 2. The lowest BCUT2D eigenvalue weighted by Gasteiger charge is -2.05. The first-order valence-electron chi connectivity index (χ1n) is 8.35. The van der Waals surface area contributed by atoms with E-state index in [4.69, 9.17) is 11.6 Å². The highest BCUT2D eigenvalue weighted by Crippen LogP contribution is 2.23. The summed E-state index contributed by atoms with van der Waals surface area (Å²) in [7, 11) is 0. The van der Waals surface area contributed by atoms with Crippen molar-refractivity contribution in [2.75, 3.05) is 11.1 Å². The number of amides is 2. The van der Waals surface area contributed by atoms with Gasteiger partial charge in [0.2, 0.25) is 10.9 Å². The fourth-order valence-corrected chi connectivity index (χ4v) is 3.98. The van der Waals surface area contributed by atoms with E-state index in [0.717, 1.165) is 22.5 Å². The molecule has 0 radical (unpaired) electrons. The third-order valence-corrected chi connectivity index (χ3v) is 5.91. The average molecular weight is 433 g/mol. The first-order chi connectivity index (χ1) is 13.5. The minimum atomic E-state index is -0.351. The van der Waals surface area contributed by atoms with E-state index in [2.05, 4.69) is 20.8 Å². The van der Waals surface area contributed by atoms with E-state index in [1.807, 2.05) is 31.2 Å². The van der Waals surface area contributed by atoms with E-state index < -0.39 is 0 Å². The van der Waals surface area contributed by atoms with Crippen LogP contribution in [-0.2, 0) is 11.3 Å². The summed E-state index contributed by atoms with van der Waals surface area (Å²) in [5.74, 6) is -0.247. The normalized spacial score (nSPS) is 10.5. The molecule has 0 aliphatic heterocycles. The molecule has 2 aromatic carbocycles. The number of carbonyl (C=O) groups is 2. The van der Waals surface area contributed by atoms with Crippen molar-refractivity contribution >= 4 is 52.2 Å². The quantitative estimate of drug-likeness (QED) is 0.547. The van der Waals surface area contributed by atoms with Crippen molar-refractivity contribution in [2.45, 2.75) is 17.8 Å². The molecule has 2 amide bonds. The minimum absolute atomic E-state index is 0.103. The van der Waals surface area contributed by atoms with Crippen molar-refractivity contribution in [2.24, 2.45) is 0 Å². The molecule has 0 spiro atoms. The Bertz CT molecular complexity index is 976. The van der Waals surface area contributed by atoms with Crippen LogP contribution < -0.4 is 10.6 Å². The van der Waals surface area contributed by atoms with Gasteiger partial charge in [0.1, 0.15) is 0 Å². The lowest BCUT2D eigenvalue weighted by molar-refractivity contribution is -0.118. The zero-order valence-corrected chi connectivity index (χ0v) is 17.3. The van der Waals surface area contributed by atoms with Crippen molar-refractivity contribution in [3.63, 3.8) is 0 Å². The lowest BCUT2D eigenvalue weighted by Crippen LogP contribution is -2.24. The molecule has 0 bridgehead atoms. The fraction of sp³-hybridized carbons (Fsp3) is 0.158. The van der Waals surface area contributed by atoms with Crippen molar-refractivity contribution < 1.29 is 9.59 Å². The maximum atomic E-state index is 12.2. The third-order valence-electron chi connectivity index (χ3n) is 3.60. The van der Waals surface area contributed by atoms with E-state index in [9.17, 15) is 9.59 Å². The number of halogens is 1. The molecule has 28 heavy (non-hydrogen) atoms. The van der Waals surface area contributed by atoms with Crippen molar-refractivity contribution in [3.05, 3.63) is 69.7 Å². The summed E-state index contributed by atoms with van der Waals surface area (Å²) in [4.78, 5) is 24.2. The Labute approximate surface area is 175 Å². The summed E-state index contributed by atoms with van der Waals surface area (Å²) < 4.78 is 0.562. The molecule has 2 N–H and O–H groups in total. The molecule has 0 aliphatic rings. The minimum Gasteiger partial charge on any atom is -0.351 e. The monoisotopic (exact) mass is 432 g/mol. The number of rotatable bonds is 7. The number of benzene rings is 2. The summed E-state index contributed by atoms with van der Waals surface area (Å²) >= 11 is 8.22. The highest BCUT2D eigenvalue weighted by molar-refractivity contribution is 8.01. The van der Waals surface area contributed by atoms with Crippen LogP contribution >= 0.6 is 34.7 Å². The topological polar surface area (TPSA) is 84.0 Å². The highest BCUT2D eigenvalue weighted by atomic mass is 35.5. The van der Waals surface area contributed by atoms with Crippen LogP contribution in [0.3, 0.4) is 0 Å². The molecule has 0 saturated carbocycles. The van der Waals surface area contributed by atoms with Crippen LogP contribution in [0.15, 0.2) is 52.9 Å². The lowest BCUT2D eigenvalue weighted by atomic mass is 10.1. The van der Waals surface area contributed by atoms with Gasteiger partial charge in [-0.05, 0) is 36.8 Å². The molecule has 3 aromatic rings. The predicted octanol–water partition coefficient (Wildman–Crippen LogP) is 4.16. The van der Waals surface area contributed by atoms with Crippen LogP contribution in [-0.4, -0.2) is 27.8 Å². The maximum Gasteiger partial charge on any atom is 0.286 e. The summed E-state index contributed by atoms with van der Waals surface area (Å²) in [6.45, 7) is 2.49. The van der Waals surface area contributed by atoms with Gasteiger partial charge in [0.25, 0.3) is 5.91 Å². The summed E-state index contributed by atoms with van der Waals surface area (Å²) in [6, 6.07) is 14.8. The third kappa shape index (κ3) is 6.05. The molecule has 0 saturated heterocycles. The van der Waals surface area contributed by atoms with Crippen LogP contribution in [0.2, 0.25) is 5.02 Å². The molecule has 144 valence electrons. The number of nitrogens with zero attached hydrogens (tertiary/aromatic N) is 2. The first-order valence-corrected chi connectivity index (χ1v) is 10.5. The van der Waals surface area contributed by atoms with Crippen LogP contribution in [0.5, 0.6) is 0 Å². The number of anilines is 1. The van der Waals surface area contributed by atoms with Crippen LogP contribution in [0.4, 0.5) is 5.69 Å². The van der Waals surface area contributed by atoms with Gasteiger partial charge < -0.3 is 10.6 Å². The van der Waals surface area contributed by atoms with Crippen LogP contribution in [0.25, 0.3) is 0 Å². The van der Waals surface area contributed by atoms with Gasteiger partial charge in [-0.2, -0.15) is 0 Å². The number of nitrogens with one attached hydrogen (secondary N) is 2. The van der Waals surface area contributed by atoms with E-state index in [1.165, 1.54) is 11.8 Å². The van der Waals surface area contributed by atoms with Gasteiger partial charge in [-0.25, -0.2) is 0 Å². The number of aromatic nitrogens is 2. The average Bonchev–Trinajstić information content (AvgIpc) is 3.16. The molecule has 1 aromatic heterocycles. The smallest absolute Gasteiger partial charge is 0.286 e. The maximum absolute atomic E-state index is 12.2. The van der Waals surface area contributed by atoms with Crippen molar-refractivity contribution in [3.8, 4) is 0 Å². The van der Waals surface area contributed by atoms with Crippen LogP contribution in [0.1, 0.15) is 20.9 Å². The van der Waals surface area contributed by atoms with Gasteiger partial charge in [0.15, 0.2) is 4.34 Å². The van der Waals surface area contributed by atoms with Gasteiger partial charge >= 0.3 is 0 Å². The fourth-order valence-electron chi connectivity index (χ4n) is 2.28. The van der Waals surface area contributed by atoms with E-state index in [0.29, 0.717) is 21.6 Å². The predicted molar refractivity (Wildman–Crippen MR) is 113 cm³/mol. The van der Waals surface area contributed by atoms with Gasteiger partial charge in [-0.1, -0.05) is 64.5 Å². The molecule has 0 fully saturated rings. The SMILES string of the molecule is Cc1cccc(CNC(=O)CSc2nnc(C(=O)Nc3ccc(Cl)cc3)s2)c1. The second-order valence-electron chi connectivity index (χ2n) is 5.89. The number of aryl methyl sites for hydroxylation is 1. The van der Waals surface area contributed by atoms with E-state index in [-0.39, 0.29) is 22.6 Å². The Morgan fingerprint density at radius 1 is 1.14 bits per heavy atom. The molecular formula is C19H17ClN4O2S2. The van der Waals surface area contributed by atoms with Gasteiger partial charge in [0, 0.05) is 17.3 Å². The summed E-state index contributed by atoms with van der Waals surface area (Å²) in [5.41, 5.74) is 2.82. The Kier molecular flexibility index (Phi) is 7.02. The van der Waals surface area contributed by atoms with Gasteiger partial charge in [-0.3, -0.25) is 9.59 Å². The summed E-state index contributed by atoms with van der Waals surface area (Å²) in [5, 5.41) is 14.3. The zero-order chi connectivity index (χ0) is 19.9. The Balaban J connectivity index is 1.46. The molecule has 6 nitrogen and oxygen atoms in total. The number of thioether (sulfide) groups is 1. The molecule has 3 rings (SSSR count). The van der Waals surface area contributed by atoms with E-state index >= 15 is 0 Å². The molecule has 1 heterocycles. The largest absolute Gasteiger partial charge is 0.351 e. The van der Waals surface area contributed by atoms with Crippen LogP contribution in [0, 0.1) is 6.92 Å². The molecule has 0 atom stereocenters. The molecular weight excluding hydrogens is 416 g/mol. The molecule has 0 aliphatic carbocycles. The van der Waals surface area contributed by atoms with Crippen molar-refractivity contribution in [1.29, 1.82) is 0 Å². The second kappa shape index (κ2) is 9.68. The Morgan fingerprint density at radius 2 is 1.93 bits per heavy atom. The molecule has 9 heteroatoms. The molecule has 0 unspecified atom stereocenters. The van der Waals surface area contributed by atoms with Gasteiger partial charge in [0.05, 0.1) is 5.75 Å². The standard InChI is InChI=1S/C19H17ClN4O2S2/c1-12-3-2-4-13(9-12)10-21-16(25)11-27-19-24-23-18(28-19)17(26)22-15-7-5-14(20)6-8-15/h2-9H,10-11H2,1H3,(H,21,25)(H,22,26). The van der Waals surface area contributed by atoms with E-state index in [1.54, 1.807) is 24.3 Å². The zero-order valence-electron chi connectivity index (χ0n) is 14.9. The Morgan fingerprint density at radius 3 is 2.68 bits per heavy atom. The van der Waals surface area contributed by atoms with Gasteiger partial charge in [-0.15, -0.1) is 10.2 Å². The highest BCUT2D eigenvalue weighted by Gasteiger charge is 2.14.